The number of hydrogen-bond acceptors (Lipinski definition) is 5. The lowest BCUT2D eigenvalue weighted by Crippen LogP contribution is -2.41. The minimum atomic E-state index is -0.217. The van der Waals surface area contributed by atoms with Crippen LogP contribution in [0, 0.1) is 0 Å². The Kier molecular flexibility index (Phi) is 4.05. The third kappa shape index (κ3) is 3.05. The molecule has 1 amide bonds. The molecule has 0 saturated heterocycles. The molecular formula is C18H19N5O2. The van der Waals surface area contributed by atoms with Gasteiger partial charge >= 0.3 is 0 Å². The number of nitrogens with one attached hydrogen (secondary N) is 1. The van der Waals surface area contributed by atoms with Gasteiger partial charge in [0.1, 0.15) is 11.6 Å². The summed E-state index contributed by atoms with van der Waals surface area (Å²) in [4.78, 5) is 12.5. The van der Waals surface area contributed by atoms with Crippen molar-refractivity contribution in [3.63, 3.8) is 0 Å². The van der Waals surface area contributed by atoms with Crippen molar-refractivity contribution in [3.05, 3.63) is 53.7 Å². The number of amides is 1. The molecule has 3 aromatic rings. The van der Waals surface area contributed by atoms with E-state index in [-0.39, 0.29) is 11.9 Å². The summed E-state index contributed by atoms with van der Waals surface area (Å²) in [5.74, 6) is 2.33. The molecule has 3 heterocycles. The predicted molar refractivity (Wildman–Crippen MR) is 90.9 cm³/mol. The summed E-state index contributed by atoms with van der Waals surface area (Å²) in [7, 11) is 0. The minimum Gasteiger partial charge on any atom is -0.355 e. The van der Waals surface area contributed by atoms with Gasteiger partial charge in [0, 0.05) is 37.1 Å². The van der Waals surface area contributed by atoms with E-state index >= 15 is 0 Å². The van der Waals surface area contributed by atoms with Crippen molar-refractivity contribution in [2.75, 3.05) is 0 Å². The second-order valence-electron chi connectivity index (χ2n) is 6.15. The molecule has 1 aliphatic heterocycles. The lowest BCUT2D eigenvalue weighted by Gasteiger charge is -2.24. The van der Waals surface area contributed by atoms with Crippen LogP contribution in [0.1, 0.15) is 35.5 Å². The van der Waals surface area contributed by atoms with Gasteiger partial charge in [-0.05, 0) is 6.42 Å². The molecule has 4 rings (SSSR count). The van der Waals surface area contributed by atoms with Gasteiger partial charge in [-0.15, -0.1) is 10.2 Å². The van der Waals surface area contributed by atoms with Gasteiger partial charge in [-0.1, -0.05) is 42.4 Å². The topological polar surface area (TPSA) is 85.8 Å². The Bertz CT molecular complexity index is 871. The van der Waals surface area contributed by atoms with E-state index in [0.29, 0.717) is 18.0 Å². The number of nitrogens with zero attached hydrogens (tertiary/aromatic N) is 4. The highest BCUT2D eigenvalue weighted by Gasteiger charge is 2.25. The molecule has 0 unspecified atom stereocenters. The van der Waals surface area contributed by atoms with E-state index < -0.39 is 0 Å². The van der Waals surface area contributed by atoms with Gasteiger partial charge in [0.25, 0.3) is 5.91 Å². The maximum absolute atomic E-state index is 12.5. The molecular weight excluding hydrogens is 318 g/mol. The standard InChI is InChI=1S/C18H19N5O2/c1-2-16-20-21-17-9-8-13(11-23(16)17)19-18(24)14-10-15(25-22-14)12-6-4-3-5-7-12/h3-7,10,13H,2,8-9,11H2,1H3,(H,19,24)/t13-/m0/s1. The van der Waals surface area contributed by atoms with E-state index in [1.165, 1.54) is 0 Å². The fourth-order valence-electron chi connectivity index (χ4n) is 3.14. The van der Waals surface area contributed by atoms with Crippen LogP contribution in [-0.2, 0) is 19.4 Å². The predicted octanol–water partition coefficient (Wildman–Crippen LogP) is 2.24. The molecule has 0 saturated carbocycles. The summed E-state index contributed by atoms with van der Waals surface area (Å²) < 4.78 is 7.41. The van der Waals surface area contributed by atoms with E-state index in [9.17, 15) is 4.79 Å². The smallest absolute Gasteiger partial charge is 0.273 e. The number of fused-ring (bicyclic) bond motifs is 1. The molecule has 0 radical (unpaired) electrons. The Morgan fingerprint density at radius 1 is 1.32 bits per heavy atom. The Balaban J connectivity index is 1.45. The second-order valence-corrected chi connectivity index (χ2v) is 6.15. The molecule has 25 heavy (non-hydrogen) atoms. The van der Waals surface area contributed by atoms with Crippen molar-refractivity contribution in [2.24, 2.45) is 0 Å². The van der Waals surface area contributed by atoms with Crippen LogP contribution in [0.2, 0.25) is 0 Å². The van der Waals surface area contributed by atoms with Gasteiger partial charge < -0.3 is 14.4 Å². The van der Waals surface area contributed by atoms with Crippen LogP contribution < -0.4 is 5.32 Å². The molecule has 1 aliphatic rings. The average Bonchev–Trinajstić information content (AvgIpc) is 3.29. The maximum Gasteiger partial charge on any atom is 0.273 e. The van der Waals surface area contributed by atoms with E-state index in [2.05, 4.69) is 32.2 Å². The summed E-state index contributed by atoms with van der Waals surface area (Å²) in [5, 5.41) is 15.4. The first-order valence-electron chi connectivity index (χ1n) is 8.48. The molecule has 128 valence electrons. The summed E-state index contributed by atoms with van der Waals surface area (Å²) in [5.41, 5.74) is 1.19. The highest BCUT2D eigenvalue weighted by atomic mass is 16.5. The van der Waals surface area contributed by atoms with Crippen LogP contribution in [0.5, 0.6) is 0 Å². The zero-order valence-corrected chi connectivity index (χ0v) is 14.0. The Morgan fingerprint density at radius 3 is 2.96 bits per heavy atom. The fraction of sp³-hybridized carbons (Fsp3) is 0.333. The highest BCUT2D eigenvalue weighted by Crippen LogP contribution is 2.20. The molecule has 0 bridgehead atoms. The Labute approximate surface area is 145 Å². The van der Waals surface area contributed by atoms with E-state index in [0.717, 1.165) is 36.5 Å². The van der Waals surface area contributed by atoms with Crippen LogP contribution >= 0.6 is 0 Å². The average molecular weight is 337 g/mol. The normalized spacial score (nSPS) is 16.4. The van der Waals surface area contributed by atoms with Crippen molar-refractivity contribution in [1.29, 1.82) is 0 Å². The van der Waals surface area contributed by atoms with Gasteiger partial charge in [-0.2, -0.15) is 0 Å². The van der Waals surface area contributed by atoms with Crippen LogP contribution in [0.25, 0.3) is 11.3 Å². The number of rotatable bonds is 4. The number of benzene rings is 1. The Hall–Kier alpha value is -2.96. The fourth-order valence-corrected chi connectivity index (χ4v) is 3.14. The minimum absolute atomic E-state index is 0.0400. The summed E-state index contributed by atoms with van der Waals surface area (Å²) in [6.07, 6.45) is 2.49. The zero-order chi connectivity index (χ0) is 17.2. The van der Waals surface area contributed by atoms with Crippen molar-refractivity contribution in [1.82, 2.24) is 25.2 Å². The number of carbonyl (C=O) groups excluding carboxylic acids is 1. The van der Waals surface area contributed by atoms with Gasteiger partial charge in [0.05, 0.1) is 0 Å². The first-order valence-corrected chi connectivity index (χ1v) is 8.48. The number of aryl methyl sites for hydroxylation is 2. The molecule has 0 aliphatic carbocycles. The number of carbonyl (C=O) groups is 1. The van der Waals surface area contributed by atoms with Gasteiger partial charge in [0.15, 0.2) is 11.5 Å². The molecule has 1 N–H and O–H groups in total. The number of aromatic nitrogens is 4. The third-order valence-electron chi connectivity index (χ3n) is 4.48. The summed E-state index contributed by atoms with van der Waals surface area (Å²) in [6.45, 7) is 2.75. The lowest BCUT2D eigenvalue weighted by molar-refractivity contribution is 0.0918. The van der Waals surface area contributed by atoms with Gasteiger partial charge in [-0.3, -0.25) is 4.79 Å². The quantitative estimate of drug-likeness (QED) is 0.789. The van der Waals surface area contributed by atoms with Crippen LogP contribution in [0.15, 0.2) is 40.9 Å². The summed E-state index contributed by atoms with van der Waals surface area (Å²) in [6, 6.07) is 11.3. The third-order valence-corrected chi connectivity index (χ3v) is 4.48. The highest BCUT2D eigenvalue weighted by molar-refractivity contribution is 5.93. The van der Waals surface area contributed by atoms with Gasteiger partial charge in [0.2, 0.25) is 0 Å². The van der Waals surface area contributed by atoms with E-state index in [4.69, 9.17) is 4.52 Å². The van der Waals surface area contributed by atoms with Crippen molar-refractivity contribution in [2.45, 2.75) is 38.8 Å². The van der Waals surface area contributed by atoms with Crippen LogP contribution in [-0.4, -0.2) is 31.9 Å². The number of hydrogen-bond donors (Lipinski definition) is 1. The first kappa shape index (κ1) is 15.6. The van der Waals surface area contributed by atoms with Crippen molar-refractivity contribution >= 4 is 5.91 Å². The maximum atomic E-state index is 12.5. The second kappa shape index (κ2) is 6.51. The van der Waals surface area contributed by atoms with Crippen molar-refractivity contribution in [3.8, 4) is 11.3 Å². The zero-order valence-electron chi connectivity index (χ0n) is 14.0. The van der Waals surface area contributed by atoms with Crippen molar-refractivity contribution < 1.29 is 9.32 Å². The Morgan fingerprint density at radius 2 is 2.16 bits per heavy atom. The molecule has 1 atom stereocenters. The molecule has 0 fully saturated rings. The van der Waals surface area contributed by atoms with Gasteiger partial charge in [-0.25, -0.2) is 0 Å². The van der Waals surface area contributed by atoms with Crippen LogP contribution in [0.4, 0.5) is 0 Å². The SMILES string of the molecule is CCc1nnc2n1C[C@@H](NC(=O)c1cc(-c3ccccc3)on1)CC2. The largest absolute Gasteiger partial charge is 0.355 e. The molecule has 7 heteroatoms. The molecule has 2 aromatic heterocycles. The monoisotopic (exact) mass is 337 g/mol. The summed E-state index contributed by atoms with van der Waals surface area (Å²) >= 11 is 0. The molecule has 1 aromatic carbocycles. The molecule has 7 nitrogen and oxygen atoms in total. The van der Waals surface area contributed by atoms with E-state index in [1.54, 1.807) is 6.07 Å². The van der Waals surface area contributed by atoms with Crippen LogP contribution in [0.3, 0.4) is 0 Å². The lowest BCUT2D eigenvalue weighted by atomic mass is 10.1. The van der Waals surface area contributed by atoms with E-state index in [1.807, 2.05) is 30.3 Å². The first-order chi connectivity index (χ1) is 12.2. The molecule has 0 spiro atoms.